The average Bonchev–Trinajstić information content (AvgIpc) is 2.90. The van der Waals surface area contributed by atoms with Crippen molar-refractivity contribution in [2.75, 3.05) is 31.2 Å². The second kappa shape index (κ2) is 4.78. The van der Waals surface area contributed by atoms with E-state index in [9.17, 15) is 4.39 Å². The molecule has 4 nitrogen and oxygen atoms in total. The molecule has 1 aliphatic heterocycles. The van der Waals surface area contributed by atoms with Crippen LogP contribution >= 0.6 is 0 Å². The topological polar surface area (TPSA) is 41.1 Å². The van der Waals surface area contributed by atoms with Gasteiger partial charge in [-0.3, -0.25) is 5.10 Å². The number of aromatic nitrogens is 2. The number of halogens is 1. The fraction of sp³-hybridized carbons (Fsp3) is 0.308. The van der Waals surface area contributed by atoms with E-state index in [2.05, 4.69) is 15.1 Å². The second-order valence-corrected chi connectivity index (χ2v) is 4.25. The molecule has 0 spiro atoms. The third-order valence-corrected chi connectivity index (χ3v) is 3.05. The van der Waals surface area contributed by atoms with Gasteiger partial charge in [-0.25, -0.2) is 4.39 Å². The lowest BCUT2D eigenvalue weighted by atomic mass is 10.1. The first-order chi connectivity index (χ1) is 8.83. The Bertz CT molecular complexity index is 517. The SMILES string of the molecule is Fc1ccc(-c2cc(N3CCOCC3)n[nH]2)cc1. The predicted molar refractivity (Wildman–Crippen MR) is 67.0 cm³/mol. The molecule has 1 N–H and O–H groups in total. The summed E-state index contributed by atoms with van der Waals surface area (Å²) < 4.78 is 18.2. The van der Waals surface area contributed by atoms with Crippen molar-refractivity contribution in [3.05, 3.63) is 36.1 Å². The molecule has 0 unspecified atom stereocenters. The molecule has 2 aromatic rings. The van der Waals surface area contributed by atoms with Crippen LogP contribution in [0.25, 0.3) is 11.3 Å². The van der Waals surface area contributed by atoms with Crippen molar-refractivity contribution in [3.63, 3.8) is 0 Å². The second-order valence-electron chi connectivity index (χ2n) is 4.25. The summed E-state index contributed by atoms with van der Waals surface area (Å²) in [5.41, 5.74) is 1.83. The number of nitrogens with zero attached hydrogens (tertiary/aromatic N) is 2. The monoisotopic (exact) mass is 247 g/mol. The highest BCUT2D eigenvalue weighted by molar-refractivity contribution is 5.63. The summed E-state index contributed by atoms with van der Waals surface area (Å²) in [6.07, 6.45) is 0. The fourth-order valence-electron chi connectivity index (χ4n) is 2.04. The number of morpholine rings is 1. The highest BCUT2D eigenvalue weighted by atomic mass is 19.1. The molecule has 0 saturated carbocycles. The van der Waals surface area contributed by atoms with Crippen LogP contribution in [0.5, 0.6) is 0 Å². The number of hydrogen-bond acceptors (Lipinski definition) is 3. The molecular weight excluding hydrogens is 233 g/mol. The maximum atomic E-state index is 12.9. The Balaban J connectivity index is 1.82. The number of anilines is 1. The summed E-state index contributed by atoms with van der Waals surface area (Å²) in [6, 6.07) is 8.37. The number of nitrogens with one attached hydrogen (secondary N) is 1. The standard InChI is InChI=1S/C13H14FN3O/c14-11-3-1-10(2-4-11)12-9-13(16-15-12)17-5-7-18-8-6-17/h1-4,9H,5-8H2,(H,15,16). The molecule has 0 radical (unpaired) electrons. The average molecular weight is 247 g/mol. The molecule has 0 aliphatic carbocycles. The van der Waals surface area contributed by atoms with Gasteiger partial charge in [0.15, 0.2) is 5.82 Å². The zero-order chi connectivity index (χ0) is 12.4. The van der Waals surface area contributed by atoms with E-state index in [4.69, 9.17) is 4.74 Å². The number of ether oxygens (including phenoxy) is 1. The lowest BCUT2D eigenvalue weighted by molar-refractivity contribution is 0.122. The van der Waals surface area contributed by atoms with Gasteiger partial charge in [-0.15, -0.1) is 0 Å². The molecule has 1 saturated heterocycles. The summed E-state index contributed by atoms with van der Waals surface area (Å²) >= 11 is 0. The molecule has 1 aliphatic rings. The number of benzene rings is 1. The van der Waals surface area contributed by atoms with Gasteiger partial charge in [0.05, 0.1) is 18.9 Å². The zero-order valence-electron chi connectivity index (χ0n) is 9.90. The fourth-order valence-corrected chi connectivity index (χ4v) is 2.04. The summed E-state index contributed by atoms with van der Waals surface area (Å²) in [6.45, 7) is 3.18. The van der Waals surface area contributed by atoms with E-state index in [1.807, 2.05) is 6.07 Å². The number of hydrogen-bond donors (Lipinski definition) is 1. The minimum absolute atomic E-state index is 0.230. The van der Waals surface area contributed by atoms with Gasteiger partial charge in [0.1, 0.15) is 5.82 Å². The lowest BCUT2D eigenvalue weighted by Gasteiger charge is -2.26. The Morgan fingerprint density at radius 3 is 2.61 bits per heavy atom. The van der Waals surface area contributed by atoms with Crippen molar-refractivity contribution in [1.29, 1.82) is 0 Å². The lowest BCUT2D eigenvalue weighted by Crippen LogP contribution is -2.36. The van der Waals surface area contributed by atoms with Gasteiger partial charge in [-0.1, -0.05) is 0 Å². The molecule has 1 aromatic heterocycles. The van der Waals surface area contributed by atoms with Crippen molar-refractivity contribution >= 4 is 5.82 Å². The van der Waals surface area contributed by atoms with E-state index in [1.165, 1.54) is 12.1 Å². The number of rotatable bonds is 2. The molecule has 3 rings (SSSR count). The van der Waals surface area contributed by atoms with E-state index in [0.29, 0.717) is 0 Å². The molecule has 1 aromatic carbocycles. The largest absolute Gasteiger partial charge is 0.378 e. The van der Waals surface area contributed by atoms with E-state index in [0.717, 1.165) is 43.4 Å². The zero-order valence-corrected chi connectivity index (χ0v) is 9.90. The predicted octanol–water partition coefficient (Wildman–Crippen LogP) is 2.05. The quantitative estimate of drug-likeness (QED) is 0.883. The van der Waals surface area contributed by atoms with Gasteiger partial charge in [0.25, 0.3) is 0 Å². The smallest absolute Gasteiger partial charge is 0.151 e. The summed E-state index contributed by atoms with van der Waals surface area (Å²) in [5, 5.41) is 7.27. The van der Waals surface area contributed by atoms with Gasteiger partial charge < -0.3 is 9.64 Å². The molecular formula is C13H14FN3O. The van der Waals surface area contributed by atoms with Crippen LogP contribution in [0.1, 0.15) is 0 Å². The van der Waals surface area contributed by atoms with Gasteiger partial charge in [0.2, 0.25) is 0 Å². The summed E-state index contributed by atoms with van der Waals surface area (Å²) in [4.78, 5) is 2.17. The van der Waals surface area contributed by atoms with E-state index < -0.39 is 0 Å². The maximum absolute atomic E-state index is 12.9. The van der Waals surface area contributed by atoms with Gasteiger partial charge in [0, 0.05) is 19.2 Å². The van der Waals surface area contributed by atoms with Crippen LogP contribution in [-0.2, 0) is 4.74 Å². The van der Waals surface area contributed by atoms with E-state index in [1.54, 1.807) is 12.1 Å². The third kappa shape index (κ3) is 2.22. The number of aromatic amines is 1. The molecule has 0 bridgehead atoms. The van der Waals surface area contributed by atoms with Crippen LogP contribution in [0.3, 0.4) is 0 Å². The van der Waals surface area contributed by atoms with Gasteiger partial charge in [-0.05, 0) is 29.8 Å². The molecule has 5 heteroatoms. The highest BCUT2D eigenvalue weighted by Crippen LogP contribution is 2.22. The van der Waals surface area contributed by atoms with Crippen molar-refractivity contribution < 1.29 is 9.13 Å². The van der Waals surface area contributed by atoms with Gasteiger partial charge >= 0.3 is 0 Å². The Kier molecular flexibility index (Phi) is 2.98. The molecule has 18 heavy (non-hydrogen) atoms. The Morgan fingerprint density at radius 1 is 1.17 bits per heavy atom. The van der Waals surface area contributed by atoms with E-state index >= 15 is 0 Å². The summed E-state index contributed by atoms with van der Waals surface area (Å²) in [5.74, 6) is 0.685. The van der Waals surface area contributed by atoms with Crippen molar-refractivity contribution in [3.8, 4) is 11.3 Å². The van der Waals surface area contributed by atoms with Crippen LogP contribution in [0.2, 0.25) is 0 Å². The first-order valence-electron chi connectivity index (χ1n) is 5.97. The Labute approximate surface area is 104 Å². The highest BCUT2D eigenvalue weighted by Gasteiger charge is 2.14. The molecule has 0 amide bonds. The summed E-state index contributed by atoms with van der Waals surface area (Å²) in [7, 11) is 0. The van der Waals surface area contributed by atoms with Crippen molar-refractivity contribution in [2.45, 2.75) is 0 Å². The maximum Gasteiger partial charge on any atom is 0.151 e. The van der Waals surface area contributed by atoms with Crippen LogP contribution < -0.4 is 4.90 Å². The Hall–Kier alpha value is -1.88. The minimum atomic E-state index is -0.230. The third-order valence-electron chi connectivity index (χ3n) is 3.05. The van der Waals surface area contributed by atoms with Crippen molar-refractivity contribution in [2.24, 2.45) is 0 Å². The number of H-pyrrole nitrogens is 1. The first-order valence-corrected chi connectivity index (χ1v) is 5.97. The van der Waals surface area contributed by atoms with Crippen LogP contribution in [0.15, 0.2) is 30.3 Å². The molecule has 1 fully saturated rings. The van der Waals surface area contributed by atoms with Crippen LogP contribution in [0, 0.1) is 5.82 Å². The van der Waals surface area contributed by atoms with E-state index in [-0.39, 0.29) is 5.82 Å². The molecule has 0 atom stereocenters. The molecule has 94 valence electrons. The van der Waals surface area contributed by atoms with Crippen molar-refractivity contribution in [1.82, 2.24) is 10.2 Å². The first kappa shape index (κ1) is 11.2. The van der Waals surface area contributed by atoms with Gasteiger partial charge in [-0.2, -0.15) is 5.10 Å². The normalized spacial score (nSPS) is 15.9. The Morgan fingerprint density at radius 2 is 1.89 bits per heavy atom. The van der Waals surface area contributed by atoms with Crippen LogP contribution in [0.4, 0.5) is 10.2 Å². The van der Waals surface area contributed by atoms with Crippen LogP contribution in [-0.4, -0.2) is 36.5 Å². The minimum Gasteiger partial charge on any atom is -0.378 e. The molecule has 2 heterocycles.